The van der Waals surface area contributed by atoms with Crippen LogP contribution in [-0.2, 0) is 57.8 Å². The molecule has 7 rings (SSSR count). The first kappa shape index (κ1) is 56.8. The lowest BCUT2D eigenvalue weighted by Crippen LogP contribution is -2.40. The van der Waals surface area contributed by atoms with Crippen molar-refractivity contribution in [3.63, 3.8) is 0 Å². The van der Waals surface area contributed by atoms with Crippen LogP contribution in [0.2, 0.25) is 0 Å². The molecule has 1 fully saturated rings. The van der Waals surface area contributed by atoms with Gasteiger partial charge in [-0.25, -0.2) is 0 Å². The Hall–Kier alpha value is -4.81. The van der Waals surface area contributed by atoms with E-state index in [0.29, 0.717) is 52.4 Å². The monoisotopic (exact) mass is 995 g/mol. The van der Waals surface area contributed by atoms with Gasteiger partial charge in [-0.1, -0.05) is 182 Å². The van der Waals surface area contributed by atoms with Crippen molar-refractivity contribution in [3.8, 4) is 0 Å². The van der Waals surface area contributed by atoms with Crippen LogP contribution >= 0.6 is 23.4 Å². The number of rotatable bonds is 15. The first-order valence-electron chi connectivity index (χ1n) is 23.0. The molecule has 6 aromatic carbocycles. The Labute approximate surface area is 411 Å². The maximum Gasteiger partial charge on any atom is 0.491 e. The fourth-order valence-electron chi connectivity index (χ4n) is 7.90. The second-order valence-corrected chi connectivity index (χ2v) is 21.5. The van der Waals surface area contributed by atoms with Crippen LogP contribution in [0.25, 0.3) is 0 Å². The van der Waals surface area contributed by atoms with Crippen molar-refractivity contribution < 1.29 is 33.2 Å². The van der Waals surface area contributed by atoms with E-state index in [1.165, 1.54) is 11.1 Å². The summed E-state index contributed by atoms with van der Waals surface area (Å²) in [6.45, 7) is 9.87. The summed E-state index contributed by atoms with van der Waals surface area (Å²) < 4.78 is 36.6. The summed E-state index contributed by atoms with van der Waals surface area (Å²) in [4.78, 5) is 46.2. The first-order chi connectivity index (χ1) is 33.6. The maximum absolute atomic E-state index is 14.0. The van der Waals surface area contributed by atoms with Gasteiger partial charge in [0.25, 0.3) is 0 Å². The molecule has 5 N–H and O–H groups in total. The second kappa shape index (κ2) is 32.9. The highest BCUT2D eigenvalue weighted by Gasteiger charge is 2.31. The zero-order chi connectivity index (χ0) is 49.4. The Morgan fingerprint density at radius 3 is 0.797 bits per heavy atom. The minimum atomic E-state index is -3.64. The van der Waals surface area contributed by atoms with Gasteiger partial charge >= 0.3 is 8.69 Å². The molecule has 69 heavy (non-hydrogen) atoms. The van der Waals surface area contributed by atoms with E-state index in [-0.39, 0.29) is 25.1 Å². The van der Waals surface area contributed by atoms with Gasteiger partial charge in [0.1, 0.15) is 6.79 Å². The van der Waals surface area contributed by atoms with Crippen molar-refractivity contribution >= 4 is 30.2 Å². The summed E-state index contributed by atoms with van der Waals surface area (Å²) in [5.74, 6) is 0. The van der Waals surface area contributed by atoms with Gasteiger partial charge in [0.15, 0.2) is 0 Å². The molecule has 0 aliphatic carbocycles. The molecule has 368 valence electrons. The lowest BCUT2D eigenvalue weighted by molar-refractivity contribution is -0.0980. The van der Waals surface area contributed by atoms with E-state index in [2.05, 4.69) is 59.2 Å². The van der Waals surface area contributed by atoms with E-state index in [4.69, 9.17) is 14.3 Å². The minimum absolute atomic E-state index is 0.0386. The van der Waals surface area contributed by atoms with Crippen molar-refractivity contribution in [2.45, 2.75) is 39.3 Å². The van der Waals surface area contributed by atoms with Gasteiger partial charge in [0.2, 0.25) is 14.7 Å². The molecule has 1 atom stereocenters. The van der Waals surface area contributed by atoms with Gasteiger partial charge in [-0.3, -0.25) is 28.7 Å². The number of nitrogens with zero attached hydrogens (tertiary/aromatic N) is 4. The quantitative estimate of drug-likeness (QED) is 0.0491. The molecule has 1 aliphatic rings. The molecule has 0 spiro atoms. The van der Waals surface area contributed by atoms with Gasteiger partial charge in [0, 0.05) is 78.5 Å². The Morgan fingerprint density at radius 1 is 0.406 bits per heavy atom. The number of hydrogen-bond acceptors (Lipinski definition) is 10. The summed E-state index contributed by atoms with van der Waals surface area (Å²) in [7, 11) is -8.44. The smallest absolute Gasteiger partial charge is 0.343 e. The van der Waals surface area contributed by atoms with Crippen molar-refractivity contribution in [2.24, 2.45) is 0 Å². The summed E-state index contributed by atoms with van der Waals surface area (Å²) in [5, 5.41) is 6.85. The van der Waals surface area contributed by atoms with Gasteiger partial charge in [-0.15, -0.1) is 0 Å². The molecule has 0 amide bonds. The zero-order valence-electron chi connectivity index (χ0n) is 39.5. The van der Waals surface area contributed by atoms with Crippen LogP contribution in [0.15, 0.2) is 182 Å². The van der Waals surface area contributed by atoms with E-state index in [1.807, 2.05) is 160 Å². The lowest BCUT2D eigenvalue weighted by atomic mass is 10.2. The number of hydrogen-bond donors (Lipinski definition) is 5. The van der Waals surface area contributed by atoms with E-state index in [0.717, 1.165) is 48.4 Å². The molecular weight excluding hydrogens is 926 g/mol. The van der Waals surface area contributed by atoms with Gasteiger partial charge in [-0.05, 0) is 37.9 Å². The van der Waals surface area contributed by atoms with Crippen LogP contribution in [0.1, 0.15) is 33.4 Å². The molecule has 1 saturated heterocycles. The zero-order valence-corrected chi connectivity index (χ0v) is 42.3. The molecule has 0 saturated carbocycles. The molecule has 0 aromatic heterocycles. The molecule has 13 nitrogen and oxygen atoms in total. The van der Waals surface area contributed by atoms with Gasteiger partial charge in [-0.2, -0.15) is 4.89 Å². The van der Waals surface area contributed by atoms with E-state index in [9.17, 15) is 18.9 Å². The summed E-state index contributed by atoms with van der Waals surface area (Å²) in [6, 6.07) is 60.9. The first-order valence-corrected chi connectivity index (χ1v) is 28.0. The van der Waals surface area contributed by atoms with Crippen LogP contribution < -0.4 is 10.6 Å². The van der Waals surface area contributed by atoms with E-state index in [1.54, 1.807) is 0 Å². The second-order valence-electron chi connectivity index (χ2n) is 16.8. The molecule has 1 aliphatic heterocycles. The molecule has 0 bridgehead atoms. The van der Waals surface area contributed by atoms with Gasteiger partial charge < -0.3 is 25.2 Å². The summed E-state index contributed by atoms with van der Waals surface area (Å²) >= 11 is 0. The van der Waals surface area contributed by atoms with Crippen LogP contribution in [0.3, 0.4) is 0 Å². The average Bonchev–Trinajstić information content (AvgIpc) is 3.36. The average molecular weight is 996 g/mol. The highest BCUT2D eigenvalue weighted by atomic mass is 31.2. The normalized spacial score (nSPS) is 18.8. The number of benzene rings is 6. The molecule has 6 aromatic rings. The van der Waals surface area contributed by atoms with Crippen LogP contribution in [0.4, 0.5) is 0 Å². The van der Waals surface area contributed by atoms with Crippen molar-refractivity contribution in [3.05, 3.63) is 215 Å². The van der Waals surface area contributed by atoms with Crippen LogP contribution in [0.5, 0.6) is 0 Å². The summed E-state index contributed by atoms with van der Waals surface area (Å²) in [5.41, 5.74) is 6.90. The molecule has 16 heteroatoms. The lowest BCUT2D eigenvalue weighted by Gasteiger charge is -2.35. The predicted molar refractivity (Wildman–Crippen MR) is 281 cm³/mol. The predicted octanol–water partition coefficient (Wildman–Crippen LogP) is 8.68. The topological polar surface area (TPSA) is 166 Å². The molecular formula is C53H70N6O7P3+. The van der Waals surface area contributed by atoms with Crippen molar-refractivity contribution in [2.75, 3.05) is 64.4 Å². The molecule has 1 heterocycles. The highest BCUT2D eigenvalue weighted by molar-refractivity contribution is 7.58. The SMILES string of the molecule is C=O.O=P1(O)CN(Cc2ccccc2)CCN(Cc2ccccc2)CP(=O)(O)CN(Cc2ccccc2)CCN(Cc2ccccc2)C1.O=[PH+]O.c1ccc(CNCCNCc2ccccc2)cc1. The Kier molecular flexibility index (Phi) is 27.1. The summed E-state index contributed by atoms with van der Waals surface area (Å²) in [6.07, 6.45) is 0.154. The van der Waals surface area contributed by atoms with E-state index >= 15 is 0 Å². The third-order valence-electron chi connectivity index (χ3n) is 11.0. The largest absolute Gasteiger partial charge is 0.491 e. The third-order valence-corrected chi connectivity index (χ3v) is 14.3. The third kappa shape index (κ3) is 24.5. The molecule has 1 unspecified atom stereocenters. The fraction of sp³-hybridized carbons (Fsp3) is 0.302. The van der Waals surface area contributed by atoms with E-state index < -0.39 is 23.4 Å². The van der Waals surface area contributed by atoms with Crippen LogP contribution in [-0.4, -0.2) is 105 Å². The highest BCUT2D eigenvalue weighted by Crippen LogP contribution is 2.44. The molecule has 0 radical (unpaired) electrons. The Bertz CT molecular complexity index is 2080. The van der Waals surface area contributed by atoms with Gasteiger partial charge in [0.05, 0.1) is 25.1 Å². The number of carbonyl (C=O) groups is 1. The fourth-order valence-corrected chi connectivity index (χ4v) is 11.5. The Morgan fingerprint density at radius 2 is 0.594 bits per heavy atom. The standard InChI is InChI=1S/C36H46N4O4P2.C16H20N2.CH2O.HO2P/c41-45(42)29-37(25-33-13-5-1-6-14-33)21-22-38(26-34-15-7-2-8-16-34)31-46(43,44)32-40(28-36-19-11-4-12-20-36)24-23-39(30-45)27-35-17-9-3-10-18-35;1-3-7-15(8-4-1)13-17-11-12-18-14-16-9-5-2-6-10-16;1-2;1-3-2/h1-20H,21-32H2,(H,41,42)(H,43,44);1-10,17-18H,11-14H2;1H2;3H/p+1. The Balaban J connectivity index is 0.000000373. The number of carbonyl (C=O) groups excluding carboxylic acids is 1. The number of nitrogens with one attached hydrogen (secondary N) is 2. The minimum Gasteiger partial charge on any atom is -0.343 e. The maximum atomic E-state index is 14.0. The van der Waals surface area contributed by atoms with Crippen molar-refractivity contribution in [1.82, 2.24) is 30.2 Å². The van der Waals surface area contributed by atoms with Crippen molar-refractivity contribution in [1.29, 1.82) is 0 Å². The van der Waals surface area contributed by atoms with Crippen LogP contribution in [0, 0.1) is 0 Å².